The second kappa shape index (κ2) is 4.52. The van der Waals surface area contributed by atoms with Gasteiger partial charge in [-0.3, -0.25) is 4.90 Å². The molecule has 3 heteroatoms. The summed E-state index contributed by atoms with van der Waals surface area (Å²) in [7, 11) is 0. The summed E-state index contributed by atoms with van der Waals surface area (Å²) in [5.74, 6) is 0.812. The average Bonchev–Trinajstić information content (AvgIpc) is 2.57. The van der Waals surface area contributed by atoms with E-state index in [1.54, 1.807) is 0 Å². The minimum absolute atomic E-state index is 0.0778. The maximum absolute atomic E-state index is 6.61. The summed E-state index contributed by atoms with van der Waals surface area (Å²) < 4.78 is 5.89. The van der Waals surface area contributed by atoms with Crippen LogP contribution in [0.25, 0.3) is 0 Å². The highest BCUT2D eigenvalue weighted by molar-refractivity contribution is 4.95. The zero-order valence-electron chi connectivity index (χ0n) is 11.0. The van der Waals surface area contributed by atoms with Gasteiger partial charge in [0.1, 0.15) is 0 Å². The number of hydrogen-bond donors (Lipinski definition) is 1. The van der Waals surface area contributed by atoms with Gasteiger partial charge in [0.2, 0.25) is 0 Å². The lowest BCUT2D eigenvalue weighted by Gasteiger charge is -2.42. The molecular formula is C14H26N2O. The standard InChI is InChI=1S/C14H26N2O/c1-11-3-2-6-14(15,7-11)10-16-8-12-4-5-13(9-16)17-12/h11-13H,2-10,15H2,1H3. The fourth-order valence-corrected chi connectivity index (χ4v) is 4.12. The second-order valence-electron chi connectivity index (χ2n) is 6.72. The van der Waals surface area contributed by atoms with Gasteiger partial charge in [0.25, 0.3) is 0 Å². The number of rotatable bonds is 2. The number of ether oxygens (including phenoxy) is 1. The molecule has 2 bridgehead atoms. The predicted molar refractivity (Wildman–Crippen MR) is 68.9 cm³/mol. The highest BCUT2D eigenvalue weighted by Gasteiger charge is 2.38. The van der Waals surface area contributed by atoms with Gasteiger partial charge in [-0.25, -0.2) is 0 Å². The van der Waals surface area contributed by atoms with Crippen molar-refractivity contribution < 1.29 is 4.74 Å². The van der Waals surface area contributed by atoms with Gasteiger partial charge in [-0.15, -0.1) is 0 Å². The van der Waals surface area contributed by atoms with E-state index >= 15 is 0 Å². The first-order chi connectivity index (χ1) is 8.13. The van der Waals surface area contributed by atoms with Crippen molar-refractivity contribution in [2.75, 3.05) is 19.6 Å². The van der Waals surface area contributed by atoms with Crippen LogP contribution in [-0.4, -0.2) is 42.3 Å². The third-order valence-corrected chi connectivity index (χ3v) is 4.78. The molecule has 1 aliphatic carbocycles. The molecule has 0 aromatic carbocycles. The smallest absolute Gasteiger partial charge is 0.0707 e. The van der Waals surface area contributed by atoms with Crippen molar-refractivity contribution in [1.82, 2.24) is 4.90 Å². The third-order valence-electron chi connectivity index (χ3n) is 4.78. The lowest BCUT2D eigenvalue weighted by atomic mass is 9.76. The average molecular weight is 238 g/mol. The molecule has 3 rings (SSSR count). The molecule has 0 aromatic heterocycles. The van der Waals surface area contributed by atoms with E-state index < -0.39 is 0 Å². The summed E-state index contributed by atoms with van der Waals surface area (Å²) in [4.78, 5) is 2.57. The molecule has 0 amide bonds. The maximum atomic E-state index is 6.61. The van der Waals surface area contributed by atoms with Crippen LogP contribution in [0.15, 0.2) is 0 Å². The first kappa shape index (κ1) is 11.9. The van der Waals surface area contributed by atoms with E-state index in [1.807, 2.05) is 0 Å². The molecule has 98 valence electrons. The molecule has 0 spiro atoms. The molecule has 1 saturated carbocycles. The maximum Gasteiger partial charge on any atom is 0.0707 e. The van der Waals surface area contributed by atoms with Crippen molar-refractivity contribution in [3.63, 3.8) is 0 Å². The first-order valence-electron chi connectivity index (χ1n) is 7.30. The molecule has 0 radical (unpaired) electrons. The molecule has 17 heavy (non-hydrogen) atoms. The number of likely N-dealkylation sites (tertiary alicyclic amines) is 1. The van der Waals surface area contributed by atoms with Gasteiger partial charge >= 0.3 is 0 Å². The molecule has 2 saturated heterocycles. The highest BCUT2D eigenvalue weighted by Crippen LogP contribution is 2.33. The zero-order valence-corrected chi connectivity index (χ0v) is 11.0. The number of morpholine rings is 1. The highest BCUT2D eigenvalue weighted by atomic mass is 16.5. The van der Waals surface area contributed by atoms with Crippen LogP contribution < -0.4 is 5.73 Å². The summed E-state index contributed by atoms with van der Waals surface area (Å²) in [6.45, 7) is 5.67. The normalized spacial score (nSPS) is 47.3. The van der Waals surface area contributed by atoms with E-state index in [0.29, 0.717) is 12.2 Å². The fourth-order valence-electron chi connectivity index (χ4n) is 4.12. The molecule has 2 N–H and O–H groups in total. The third kappa shape index (κ3) is 2.67. The number of nitrogens with two attached hydrogens (primary N) is 1. The summed E-state index contributed by atoms with van der Waals surface area (Å²) in [5, 5.41) is 0. The van der Waals surface area contributed by atoms with Crippen molar-refractivity contribution in [3.05, 3.63) is 0 Å². The first-order valence-corrected chi connectivity index (χ1v) is 7.30. The van der Waals surface area contributed by atoms with Crippen LogP contribution in [0.4, 0.5) is 0 Å². The van der Waals surface area contributed by atoms with Gasteiger partial charge in [0.05, 0.1) is 12.2 Å². The minimum atomic E-state index is 0.0778. The quantitative estimate of drug-likeness (QED) is 0.796. The Kier molecular flexibility index (Phi) is 3.18. The van der Waals surface area contributed by atoms with Crippen LogP contribution in [0.1, 0.15) is 45.4 Å². The van der Waals surface area contributed by atoms with E-state index in [2.05, 4.69) is 11.8 Å². The summed E-state index contributed by atoms with van der Waals surface area (Å²) in [6, 6.07) is 0. The Morgan fingerprint density at radius 1 is 1.24 bits per heavy atom. The summed E-state index contributed by atoms with van der Waals surface area (Å²) in [5.41, 5.74) is 6.69. The van der Waals surface area contributed by atoms with Crippen molar-refractivity contribution in [3.8, 4) is 0 Å². The van der Waals surface area contributed by atoms with E-state index in [9.17, 15) is 0 Å². The Labute approximate surface area is 105 Å². The Morgan fingerprint density at radius 3 is 2.59 bits per heavy atom. The monoisotopic (exact) mass is 238 g/mol. The van der Waals surface area contributed by atoms with Gasteiger partial charge in [-0.05, 0) is 31.6 Å². The number of nitrogens with zero attached hydrogens (tertiary/aromatic N) is 1. The molecule has 2 aliphatic heterocycles. The topological polar surface area (TPSA) is 38.5 Å². The van der Waals surface area contributed by atoms with Crippen LogP contribution >= 0.6 is 0 Å². The van der Waals surface area contributed by atoms with Crippen LogP contribution in [-0.2, 0) is 4.74 Å². The van der Waals surface area contributed by atoms with Gasteiger partial charge in [-0.1, -0.05) is 19.8 Å². The van der Waals surface area contributed by atoms with E-state index in [0.717, 1.165) is 25.6 Å². The molecule has 0 aromatic rings. The van der Waals surface area contributed by atoms with Gasteiger partial charge in [0.15, 0.2) is 0 Å². The van der Waals surface area contributed by atoms with Crippen LogP contribution in [0.2, 0.25) is 0 Å². The summed E-state index contributed by atoms with van der Waals surface area (Å²) in [6.07, 6.45) is 8.62. The molecule has 3 fully saturated rings. The van der Waals surface area contributed by atoms with E-state index in [1.165, 1.54) is 38.5 Å². The molecule has 3 aliphatic rings. The number of fused-ring (bicyclic) bond motifs is 2. The van der Waals surface area contributed by atoms with Crippen molar-refractivity contribution >= 4 is 0 Å². The van der Waals surface area contributed by atoms with E-state index in [-0.39, 0.29) is 5.54 Å². The zero-order chi connectivity index (χ0) is 11.9. The van der Waals surface area contributed by atoms with Crippen LogP contribution in [0, 0.1) is 5.92 Å². The molecule has 4 atom stereocenters. The van der Waals surface area contributed by atoms with Gasteiger partial charge < -0.3 is 10.5 Å². The fraction of sp³-hybridized carbons (Fsp3) is 1.00. The Bertz CT molecular complexity index is 271. The van der Waals surface area contributed by atoms with Crippen LogP contribution in [0.3, 0.4) is 0 Å². The minimum Gasteiger partial charge on any atom is -0.372 e. The number of hydrogen-bond acceptors (Lipinski definition) is 3. The Hall–Kier alpha value is -0.120. The SMILES string of the molecule is CC1CCCC(N)(CN2CC3CCC(C2)O3)C1. The van der Waals surface area contributed by atoms with E-state index in [4.69, 9.17) is 10.5 Å². The molecule has 4 unspecified atom stereocenters. The van der Waals surface area contributed by atoms with Crippen molar-refractivity contribution in [1.29, 1.82) is 0 Å². The lowest BCUT2D eigenvalue weighted by molar-refractivity contribution is -0.0469. The molecular weight excluding hydrogens is 212 g/mol. The summed E-state index contributed by atoms with van der Waals surface area (Å²) >= 11 is 0. The predicted octanol–water partition coefficient (Wildman–Crippen LogP) is 1.76. The van der Waals surface area contributed by atoms with Gasteiger partial charge in [-0.2, -0.15) is 0 Å². The molecule has 3 nitrogen and oxygen atoms in total. The van der Waals surface area contributed by atoms with Gasteiger partial charge in [0, 0.05) is 25.2 Å². The second-order valence-corrected chi connectivity index (χ2v) is 6.72. The van der Waals surface area contributed by atoms with Crippen molar-refractivity contribution in [2.45, 2.75) is 63.2 Å². The van der Waals surface area contributed by atoms with Crippen LogP contribution in [0.5, 0.6) is 0 Å². The Balaban J connectivity index is 1.58. The Morgan fingerprint density at radius 2 is 1.94 bits per heavy atom. The van der Waals surface area contributed by atoms with Crippen molar-refractivity contribution in [2.24, 2.45) is 11.7 Å². The molecule has 2 heterocycles. The lowest BCUT2D eigenvalue weighted by Crippen LogP contribution is -2.56. The largest absolute Gasteiger partial charge is 0.372 e.